The highest BCUT2D eigenvalue weighted by atomic mass is 16.5. The van der Waals surface area contributed by atoms with Gasteiger partial charge in [-0.3, -0.25) is 0 Å². The summed E-state index contributed by atoms with van der Waals surface area (Å²) >= 11 is 0. The van der Waals surface area contributed by atoms with Crippen molar-refractivity contribution in [2.45, 2.75) is 39.0 Å². The van der Waals surface area contributed by atoms with Crippen molar-refractivity contribution in [3.63, 3.8) is 0 Å². The van der Waals surface area contributed by atoms with Gasteiger partial charge in [-0.1, -0.05) is 42.5 Å². The van der Waals surface area contributed by atoms with Gasteiger partial charge in [-0.2, -0.15) is 0 Å². The van der Waals surface area contributed by atoms with Crippen LogP contribution in [0.3, 0.4) is 0 Å². The molecule has 0 aliphatic heterocycles. The Labute approximate surface area is 149 Å². The fraction of sp³-hybridized carbons (Fsp3) is 0.350. The van der Waals surface area contributed by atoms with Crippen molar-refractivity contribution in [3.8, 4) is 5.75 Å². The second kappa shape index (κ2) is 9.08. The molecule has 2 aromatic carbocycles. The summed E-state index contributed by atoms with van der Waals surface area (Å²) in [6.07, 6.45) is -0.139. The molecule has 25 heavy (non-hydrogen) atoms. The molecule has 0 spiro atoms. The standard InChI is InChI=1S/C20H26N2O3/c1-14-11-16(9-10-19(14)25-3)13-21-20(24)22-15(2)12-18(23)17-7-5-4-6-8-17/h4-11,15,18,23H,12-13H2,1-3H3,(H2,21,22,24). The highest BCUT2D eigenvalue weighted by Crippen LogP contribution is 2.19. The lowest BCUT2D eigenvalue weighted by atomic mass is 10.0. The van der Waals surface area contributed by atoms with Crippen molar-refractivity contribution < 1.29 is 14.6 Å². The zero-order chi connectivity index (χ0) is 18.2. The van der Waals surface area contributed by atoms with Crippen molar-refractivity contribution in [2.24, 2.45) is 0 Å². The number of carbonyl (C=O) groups is 1. The summed E-state index contributed by atoms with van der Waals surface area (Å²) in [4.78, 5) is 12.0. The Bertz CT molecular complexity index is 689. The molecular formula is C20H26N2O3. The number of methoxy groups -OCH3 is 1. The predicted octanol–water partition coefficient (Wildman–Crippen LogP) is 3.32. The molecule has 2 rings (SSSR count). The first-order valence-electron chi connectivity index (χ1n) is 8.40. The monoisotopic (exact) mass is 342 g/mol. The molecule has 3 N–H and O–H groups in total. The van der Waals surface area contributed by atoms with E-state index in [0.717, 1.165) is 22.4 Å². The van der Waals surface area contributed by atoms with Gasteiger partial charge in [-0.25, -0.2) is 4.79 Å². The lowest BCUT2D eigenvalue weighted by molar-refractivity contribution is 0.154. The Kier molecular flexibility index (Phi) is 6.83. The van der Waals surface area contributed by atoms with Crippen LogP contribution in [0.15, 0.2) is 48.5 Å². The first kappa shape index (κ1) is 18.8. The molecule has 0 radical (unpaired) electrons. The van der Waals surface area contributed by atoms with Crippen molar-refractivity contribution >= 4 is 6.03 Å². The topological polar surface area (TPSA) is 70.6 Å². The SMILES string of the molecule is COc1ccc(CNC(=O)NC(C)CC(O)c2ccccc2)cc1C. The van der Waals surface area contributed by atoms with E-state index in [-0.39, 0.29) is 12.1 Å². The molecule has 0 fully saturated rings. The molecule has 2 atom stereocenters. The van der Waals surface area contributed by atoms with Gasteiger partial charge in [0, 0.05) is 12.6 Å². The van der Waals surface area contributed by atoms with Crippen LogP contribution in [0.2, 0.25) is 0 Å². The number of amides is 2. The van der Waals surface area contributed by atoms with Gasteiger partial charge in [0.1, 0.15) is 5.75 Å². The number of urea groups is 1. The fourth-order valence-electron chi connectivity index (χ4n) is 2.71. The molecule has 2 aromatic rings. The van der Waals surface area contributed by atoms with Crippen molar-refractivity contribution in [3.05, 3.63) is 65.2 Å². The van der Waals surface area contributed by atoms with E-state index >= 15 is 0 Å². The van der Waals surface area contributed by atoms with Gasteiger partial charge in [0.05, 0.1) is 13.2 Å². The number of hydrogen-bond donors (Lipinski definition) is 3. The highest BCUT2D eigenvalue weighted by Gasteiger charge is 2.14. The summed E-state index contributed by atoms with van der Waals surface area (Å²) in [5, 5.41) is 15.9. The molecule has 0 bridgehead atoms. The lowest BCUT2D eigenvalue weighted by Crippen LogP contribution is -2.41. The number of benzene rings is 2. The van der Waals surface area contributed by atoms with Crippen molar-refractivity contribution in [1.29, 1.82) is 0 Å². The lowest BCUT2D eigenvalue weighted by Gasteiger charge is -2.18. The molecule has 0 aliphatic carbocycles. The minimum absolute atomic E-state index is 0.146. The Morgan fingerprint density at radius 2 is 1.92 bits per heavy atom. The van der Waals surface area contributed by atoms with E-state index in [1.54, 1.807) is 7.11 Å². The van der Waals surface area contributed by atoms with E-state index in [9.17, 15) is 9.90 Å². The van der Waals surface area contributed by atoms with Gasteiger partial charge in [-0.15, -0.1) is 0 Å². The third-order valence-corrected chi connectivity index (χ3v) is 4.05. The third-order valence-electron chi connectivity index (χ3n) is 4.05. The van der Waals surface area contributed by atoms with Gasteiger partial charge < -0.3 is 20.5 Å². The summed E-state index contributed by atoms with van der Waals surface area (Å²) < 4.78 is 5.23. The highest BCUT2D eigenvalue weighted by molar-refractivity contribution is 5.74. The van der Waals surface area contributed by atoms with E-state index in [1.807, 2.05) is 62.4 Å². The number of ether oxygens (including phenoxy) is 1. The maximum atomic E-state index is 12.0. The molecule has 0 saturated carbocycles. The molecular weight excluding hydrogens is 316 g/mol. The van der Waals surface area contributed by atoms with Gasteiger partial charge in [0.25, 0.3) is 0 Å². The Morgan fingerprint density at radius 3 is 2.56 bits per heavy atom. The smallest absolute Gasteiger partial charge is 0.315 e. The average Bonchev–Trinajstić information content (AvgIpc) is 2.60. The molecule has 2 unspecified atom stereocenters. The number of hydrogen-bond acceptors (Lipinski definition) is 3. The van der Waals surface area contributed by atoms with E-state index in [1.165, 1.54) is 0 Å². The van der Waals surface area contributed by atoms with E-state index < -0.39 is 6.10 Å². The molecule has 0 saturated heterocycles. The summed E-state index contributed by atoms with van der Waals surface area (Å²) in [5.74, 6) is 0.830. The second-order valence-corrected chi connectivity index (χ2v) is 6.19. The van der Waals surface area contributed by atoms with Gasteiger partial charge >= 0.3 is 6.03 Å². The Balaban J connectivity index is 1.78. The zero-order valence-electron chi connectivity index (χ0n) is 15.0. The summed E-state index contributed by atoms with van der Waals surface area (Å²) in [7, 11) is 1.64. The quantitative estimate of drug-likeness (QED) is 0.723. The number of carbonyl (C=O) groups excluding carboxylic acids is 1. The first-order chi connectivity index (χ1) is 12.0. The van der Waals surface area contributed by atoms with Crippen molar-refractivity contribution in [1.82, 2.24) is 10.6 Å². The minimum atomic E-state index is -0.597. The first-order valence-corrected chi connectivity index (χ1v) is 8.40. The normalized spacial score (nSPS) is 13.0. The van der Waals surface area contributed by atoms with Crippen LogP contribution in [0.25, 0.3) is 0 Å². The zero-order valence-corrected chi connectivity index (χ0v) is 15.0. The maximum absolute atomic E-state index is 12.0. The van der Waals surface area contributed by atoms with Gasteiger partial charge in [-0.05, 0) is 43.0 Å². The second-order valence-electron chi connectivity index (χ2n) is 6.19. The van der Waals surface area contributed by atoms with Crippen LogP contribution in [0.4, 0.5) is 4.79 Å². The van der Waals surface area contributed by atoms with Crippen LogP contribution in [0.5, 0.6) is 5.75 Å². The van der Waals surface area contributed by atoms with Crippen LogP contribution in [0, 0.1) is 6.92 Å². The van der Waals surface area contributed by atoms with Gasteiger partial charge in [0.2, 0.25) is 0 Å². The molecule has 5 heteroatoms. The van der Waals surface area contributed by atoms with Crippen LogP contribution in [-0.2, 0) is 6.54 Å². The average molecular weight is 342 g/mol. The number of aryl methyl sites for hydroxylation is 1. The number of nitrogens with one attached hydrogen (secondary N) is 2. The van der Waals surface area contributed by atoms with Gasteiger partial charge in [0.15, 0.2) is 0 Å². The predicted molar refractivity (Wildman–Crippen MR) is 98.6 cm³/mol. The molecule has 0 aromatic heterocycles. The van der Waals surface area contributed by atoms with Crippen LogP contribution < -0.4 is 15.4 Å². The van der Waals surface area contributed by atoms with E-state index in [0.29, 0.717) is 13.0 Å². The number of aliphatic hydroxyl groups is 1. The maximum Gasteiger partial charge on any atom is 0.315 e. The largest absolute Gasteiger partial charge is 0.496 e. The third kappa shape index (κ3) is 5.80. The van der Waals surface area contributed by atoms with E-state index in [2.05, 4.69) is 10.6 Å². The van der Waals surface area contributed by atoms with Crippen molar-refractivity contribution in [2.75, 3.05) is 7.11 Å². The number of rotatable bonds is 7. The summed E-state index contributed by atoms with van der Waals surface area (Å²) in [6, 6.07) is 14.9. The summed E-state index contributed by atoms with van der Waals surface area (Å²) in [6.45, 7) is 4.28. The van der Waals surface area contributed by atoms with Crippen LogP contribution >= 0.6 is 0 Å². The van der Waals surface area contributed by atoms with Crippen LogP contribution in [-0.4, -0.2) is 24.3 Å². The molecule has 0 heterocycles. The Hall–Kier alpha value is -2.53. The van der Waals surface area contributed by atoms with E-state index in [4.69, 9.17) is 4.74 Å². The fourth-order valence-corrected chi connectivity index (χ4v) is 2.71. The minimum Gasteiger partial charge on any atom is -0.496 e. The Morgan fingerprint density at radius 1 is 1.20 bits per heavy atom. The molecule has 5 nitrogen and oxygen atoms in total. The summed E-state index contributed by atoms with van der Waals surface area (Å²) in [5.41, 5.74) is 2.89. The number of aliphatic hydroxyl groups excluding tert-OH is 1. The molecule has 0 aliphatic rings. The molecule has 134 valence electrons. The van der Waals surface area contributed by atoms with Crippen LogP contribution in [0.1, 0.15) is 36.1 Å². The molecule has 2 amide bonds.